The zero-order valence-corrected chi connectivity index (χ0v) is 13.3. The standard InChI is InChI=1S/C22H16O2/c1-15(23)18-12-13-19-20(14-18)24-22(17-10-6-3-7-11-17)21(19)16-8-4-2-5-9-16/h2-14H,1H3. The Kier molecular flexibility index (Phi) is 3.51. The van der Waals surface area contributed by atoms with Gasteiger partial charge >= 0.3 is 0 Å². The fourth-order valence-corrected chi connectivity index (χ4v) is 3.00. The topological polar surface area (TPSA) is 30.2 Å². The molecule has 0 aliphatic heterocycles. The van der Waals surface area contributed by atoms with Gasteiger partial charge in [0.25, 0.3) is 0 Å². The van der Waals surface area contributed by atoms with E-state index in [4.69, 9.17) is 4.42 Å². The molecule has 0 amide bonds. The van der Waals surface area contributed by atoms with E-state index in [1.807, 2.05) is 66.7 Å². The second-order valence-electron chi connectivity index (χ2n) is 5.81. The highest BCUT2D eigenvalue weighted by Crippen LogP contribution is 2.40. The van der Waals surface area contributed by atoms with Crippen molar-refractivity contribution >= 4 is 16.8 Å². The molecular weight excluding hydrogens is 296 g/mol. The summed E-state index contributed by atoms with van der Waals surface area (Å²) < 4.78 is 6.18. The van der Waals surface area contributed by atoms with E-state index in [0.717, 1.165) is 33.4 Å². The summed E-state index contributed by atoms with van der Waals surface area (Å²) in [6.45, 7) is 1.57. The van der Waals surface area contributed by atoms with Crippen LogP contribution < -0.4 is 0 Å². The molecule has 2 nitrogen and oxygen atoms in total. The molecule has 1 aromatic heterocycles. The lowest BCUT2D eigenvalue weighted by Crippen LogP contribution is -1.90. The first kappa shape index (κ1) is 14.5. The molecule has 0 spiro atoms. The fraction of sp³-hybridized carbons (Fsp3) is 0.0455. The van der Waals surface area contributed by atoms with Crippen LogP contribution >= 0.6 is 0 Å². The summed E-state index contributed by atoms with van der Waals surface area (Å²) in [5, 5.41) is 1.02. The Balaban J connectivity index is 2.04. The first-order valence-electron chi connectivity index (χ1n) is 7.92. The Bertz CT molecular complexity index is 1010. The van der Waals surface area contributed by atoms with Gasteiger partial charge in [-0.05, 0) is 24.6 Å². The van der Waals surface area contributed by atoms with Crippen molar-refractivity contribution in [3.8, 4) is 22.5 Å². The van der Waals surface area contributed by atoms with Gasteiger partial charge in [0.15, 0.2) is 5.78 Å². The van der Waals surface area contributed by atoms with Crippen LogP contribution in [0.1, 0.15) is 17.3 Å². The highest BCUT2D eigenvalue weighted by Gasteiger charge is 2.18. The third-order valence-corrected chi connectivity index (χ3v) is 4.20. The Morgan fingerprint density at radius 1 is 0.792 bits per heavy atom. The van der Waals surface area contributed by atoms with Gasteiger partial charge in [-0.2, -0.15) is 0 Å². The van der Waals surface area contributed by atoms with E-state index in [2.05, 4.69) is 12.1 Å². The highest BCUT2D eigenvalue weighted by molar-refractivity contribution is 6.05. The van der Waals surface area contributed by atoms with Crippen LogP contribution in [0.4, 0.5) is 0 Å². The summed E-state index contributed by atoms with van der Waals surface area (Å²) in [6, 6.07) is 25.9. The monoisotopic (exact) mass is 312 g/mol. The van der Waals surface area contributed by atoms with E-state index >= 15 is 0 Å². The summed E-state index contributed by atoms with van der Waals surface area (Å²) in [5.41, 5.74) is 4.59. The first-order valence-corrected chi connectivity index (χ1v) is 7.92. The van der Waals surface area contributed by atoms with Crippen molar-refractivity contribution in [1.82, 2.24) is 0 Å². The first-order chi connectivity index (χ1) is 11.7. The van der Waals surface area contributed by atoms with Crippen molar-refractivity contribution in [3.63, 3.8) is 0 Å². The number of benzene rings is 3. The molecule has 0 aliphatic rings. The Morgan fingerprint density at radius 2 is 1.42 bits per heavy atom. The molecule has 24 heavy (non-hydrogen) atoms. The Labute approximate surface area is 140 Å². The molecule has 4 aromatic rings. The van der Waals surface area contributed by atoms with Gasteiger partial charge < -0.3 is 4.42 Å². The molecule has 0 radical (unpaired) electrons. The quantitative estimate of drug-likeness (QED) is 0.436. The van der Waals surface area contributed by atoms with Crippen LogP contribution in [0.2, 0.25) is 0 Å². The van der Waals surface area contributed by atoms with Gasteiger partial charge in [-0.25, -0.2) is 0 Å². The maximum Gasteiger partial charge on any atom is 0.159 e. The lowest BCUT2D eigenvalue weighted by molar-refractivity contribution is 0.101. The van der Waals surface area contributed by atoms with Crippen molar-refractivity contribution in [2.45, 2.75) is 6.92 Å². The predicted molar refractivity (Wildman–Crippen MR) is 97.1 cm³/mol. The van der Waals surface area contributed by atoms with E-state index < -0.39 is 0 Å². The maximum atomic E-state index is 11.7. The normalized spacial score (nSPS) is 10.9. The average Bonchev–Trinajstić information content (AvgIpc) is 3.01. The predicted octanol–water partition coefficient (Wildman–Crippen LogP) is 5.97. The summed E-state index contributed by atoms with van der Waals surface area (Å²) >= 11 is 0. The van der Waals surface area contributed by atoms with Gasteiger partial charge in [0.2, 0.25) is 0 Å². The molecule has 0 N–H and O–H groups in total. The van der Waals surface area contributed by atoms with Crippen molar-refractivity contribution in [2.75, 3.05) is 0 Å². The minimum Gasteiger partial charge on any atom is -0.455 e. The molecule has 0 atom stereocenters. The molecule has 1 heterocycles. The van der Waals surface area contributed by atoms with Gasteiger partial charge in [-0.15, -0.1) is 0 Å². The molecule has 0 unspecified atom stereocenters. The molecule has 116 valence electrons. The number of hydrogen-bond acceptors (Lipinski definition) is 2. The molecule has 0 aliphatic carbocycles. The van der Waals surface area contributed by atoms with Gasteiger partial charge in [0, 0.05) is 22.1 Å². The summed E-state index contributed by atoms with van der Waals surface area (Å²) in [7, 11) is 0. The third kappa shape index (κ3) is 2.42. The van der Waals surface area contributed by atoms with E-state index in [1.54, 1.807) is 6.92 Å². The van der Waals surface area contributed by atoms with Gasteiger partial charge in [-0.3, -0.25) is 4.79 Å². The second kappa shape index (κ2) is 5.82. The Morgan fingerprint density at radius 3 is 2.04 bits per heavy atom. The molecular formula is C22H16O2. The minimum absolute atomic E-state index is 0.0378. The van der Waals surface area contributed by atoms with Crippen LogP contribution in [-0.4, -0.2) is 5.78 Å². The van der Waals surface area contributed by atoms with E-state index in [1.165, 1.54) is 0 Å². The lowest BCUT2D eigenvalue weighted by atomic mass is 9.98. The smallest absolute Gasteiger partial charge is 0.159 e. The van der Waals surface area contributed by atoms with E-state index in [-0.39, 0.29) is 5.78 Å². The van der Waals surface area contributed by atoms with Crippen LogP contribution in [0.25, 0.3) is 33.4 Å². The second-order valence-corrected chi connectivity index (χ2v) is 5.81. The number of hydrogen-bond donors (Lipinski definition) is 0. The largest absolute Gasteiger partial charge is 0.455 e. The SMILES string of the molecule is CC(=O)c1ccc2c(-c3ccccc3)c(-c3ccccc3)oc2c1. The Hall–Kier alpha value is -3.13. The van der Waals surface area contributed by atoms with Gasteiger partial charge in [0.05, 0.1) is 0 Å². The molecule has 3 aromatic carbocycles. The number of ketones is 1. The van der Waals surface area contributed by atoms with E-state index in [9.17, 15) is 4.79 Å². The summed E-state index contributed by atoms with van der Waals surface area (Å²) in [4.78, 5) is 11.7. The minimum atomic E-state index is 0.0378. The fourth-order valence-electron chi connectivity index (χ4n) is 3.00. The zero-order chi connectivity index (χ0) is 16.5. The molecule has 0 fully saturated rings. The number of furan rings is 1. The van der Waals surface area contributed by atoms with Crippen LogP contribution in [0.15, 0.2) is 83.3 Å². The van der Waals surface area contributed by atoms with Crippen molar-refractivity contribution in [2.24, 2.45) is 0 Å². The maximum absolute atomic E-state index is 11.7. The average molecular weight is 312 g/mol. The third-order valence-electron chi connectivity index (χ3n) is 4.20. The number of carbonyl (C=O) groups excluding carboxylic acids is 1. The summed E-state index contributed by atoms with van der Waals surface area (Å²) in [5.74, 6) is 0.869. The molecule has 4 rings (SSSR count). The van der Waals surface area contributed by atoms with Crippen molar-refractivity contribution < 1.29 is 9.21 Å². The van der Waals surface area contributed by atoms with Gasteiger partial charge in [0.1, 0.15) is 11.3 Å². The summed E-state index contributed by atoms with van der Waals surface area (Å²) in [6.07, 6.45) is 0. The molecule has 0 saturated carbocycles. The number of fused-ring (bicyclic) bond motifs is 1. The zero-order valence-electron chi connectivity index (χ0n) is 13.3. The molecule has 0 saturated heterocycles. The number of rotatable bonds is 3. The van der Waals surface area contributed by atoms with Gasteiger partial charge in [-0.1, -0.05) is 66.7 Å². The lowest BCUT2D eigenvalue weighted by Gasteiger charge is -2.03. The van der Waals surface area contributed by atoms with Crippen LogP contribution in [-0.2, 0) is 0 Å². The van der Waals surface area contributed by atoms with E-state index in [0.29, 0.717) is 5.56 Å². The highest BCUT2D eigenvalue weighted by atomic mass is 16.3. The number of carbonyl (C=O) groups is 1. The van der Waals surface area contributed by atoms with Crippen LogP contribution in [0.5, 0.6) is 0 Å². The number of Topliss-reactive ketones (excluding diaryl/α,β-unsaturated/α-hetero) is 1. The molecule has 0 bridgehead atoms. The van der Waals surface area contributed by atoms with Crippen LogP contribution in [0.3, 0.4) is 0 Å². The van der Waals surface area contributed by atoms with Crippen molar-refractivity contribution in [1.29, 1.82) is 0 Å². The van der Waals surface area contributed by atoms with Crippen LogP contribution in [0, 0.1) is 0 Å². The van der Waals surface area contributed by atoms with Crippen molar-refractivity contribution in [3.05, 3.63) is 84.4 Å². The molecule has 2 heteroatoms.